The molecular formula is C37H45N5O6. The first-order valence-electron chi connectivity index (χ1n) is 16.1. The highest BCUT2D eigenvalue weighted by atomic mass is 16.3. The Kier molecular flexibility index (Phi) is 13.9. The van der Waals surface area contributed by atoms with Crippen molar-refractivity contribution in [1.82, 2.24) is 19.8 Å². The molecule has 0 bridgehead atoms. The minimum absolute atomic E-state index is 0.00654. The zero-order valence-electron chi connectivity index (χ0n) is 27.6. The Morgan fingerprint density at radius 1 is 0.646 bits per heavy atom. The van der Waals surface area contributed by atoms with Crippen molar-refractivity contribution in [2.75, 3.05) is 57.9 Å². The van der Waals surface area contributed by atoms with E-state index in [0.29, 0.717) is 50.6 Å². The molecule has 0 radical (unpaired) electrons. The van der Waals surface area contributed by atoms with Crippen LogP contribution in [-0.2, 0) is 19.5 Å². The minimum atomic E-state index is -0.339. The Morgan fingerprint density at radius 2 is 1.15 bits per heavy atom. The summed E-state index contributed by atoms with van der Waals surface area (Å²) in [7, 11) is 0. The number of anilines is 1. The molecule has 0 saturated heterocycles. The molecule has 4 rings (SSSR count). The summed E-state index contributed by atoms with van der Waals surface area (Å²) in [6, 6.07) is 18.6. The van der Waals surface area contributed by atoms with Gasteiger partial charge in [-0.3, -0.25) is 29.4 Å². The molecule has 48 heavy (non-hydrogen) atoms. The number of aliphatic hydroxyl groups excluding tert-OH is 4. The number of nitrogens with one attached hydrogen (secondary N) is 1. The predicted molar refractivity (Wildman–Crippen MR) is 185 cm³/mol. The molecule has 0 atom stereocenters. The maximum atomic E-state index is 13.2. The Balaban J connectivity index is 1.45. The van der Waals surface area contributed by atoms with Crippen LogP contribution in [-0.4, -0.2) is 104 Å². The van der Waals surface area contributed by atoms with Gasteiger partial charge in [-0.2, -0.15) is 0 Å². The number of pyridine rings is 2. The molecule has 0 aliphatic rings. The average molecular weight is 656 g/mol. The molecule has 0 aliphatic heterocycles. The van der Waals surface area contributed by atoms with Crippen molar-refractivity contribution in [3.63, 3.8) is 0 Å². The third kappa shape index (κ3) is 9.83. The molecule has 4 aromatic rings. The van der Waals surface area contributed by atoms with Gasteiger partial charge in [-0.05, 0) is 71.0 Å². The normalized spacial score (nSPS) is 11.3. The highest BCUT2D eigenvalue weighted by Crippen LogP contribution is 2.32. The molecular weight excluding hydrogens is 610 g/mol. The van der Waals surface area contributed by atoms with Gasteiger partial charge in [0.1, 0.15) is 11.4 Å². The molecule has 0 unspecified atom stereocenters. The SMILES string of the molecule is Cc1c(CC(=O)c2ccc(CN(CCO)CCO)cn2)cccc1-c1cccc(NC(=O)c2ccc(CN(CCO)CCO)cn2)c1C. The lowest BCUT2D eigenvalue weighted by atomic mass is 9.91. The van der Waals surface area contributed by atoms with Gasteiger partial charge in [0.25, 0.3) is 5.91 Å². The van der Waals surface area contributed by atoms with Gasteiger partial charge < -0.3 is 25.7 Å². The van der Waals surface area contributed by atoms with Crippen LogP contribution in [0.1, 0.15) is 48.8 Å². The van der Waals surface area contributed by atoms with Crippen LogP contribution in [0.15, 0.2) is 73.1 Å². The maximum absolute atomic E-state index is 13.2. The van der Waals surface area contributed by atoms with Crippen molar-refractivity contribution in [1.29, 1.82) is 0 Å². The second-order valence-corrected chi connectivity index (χ2v) is 11.7. The van der Waals surface area contributed by atoms with E-state index < -0.39 is 0 Å². The van der Waals surface area contributed by atoms with E-state index in [1.54, 1.807) is 24.5 Å². The molecule has 1 amide bonds. The molecule has 2 aromatic heterocycles. The summed E-state index contributed by atoms with van der Waals surface area (Å²) in [6.45, 7) is 6.66. The monoisotopic (exact) mass is 655 g/mol. The van der Waals surface area contributed by atoms with Crippen LogP contribution < -0.4 is 5.32 Å². The molecule has 11 nitrogen and oxygen atoms in total. The van der Waals surface area contributed by atoms with Crippen LogP contribution in [0.2, 0.25) is 0 Å². The number of amides is 1. The largest absolute Gasteiger partial charge is 0.395 e. The highest BCUT2D eigenvalue weighted by molar-refractivity contribution is 6.04. The van der Waals surface area contributed by atoms with Crippen LogP contribution in [0, 0.1) is 13.8 Å². The maximum Gasteiger partial charge on any atom is 0.274 e. The summed E-state index contributed by atoms with van der Waals surface area (Å²) in [4.78, 5) is 39.0. The summed E-state index contributed by atoms with van der Waals surface area (Å²) >= 11 is 0. The third-order valence-electron chi connectivity index (χ3n) is 8.31. The first-order chi connectivity index (χ1) is 23.3. The van der Waals surface area contributed by atoms with Gasteiger partial charge in [0.05, 0.1) is 26.4 Å². The molecule has 0 saturated carbocycles. The molecule has 0 aliphatic carbocycles. The lowest BCUT2D eigenvalue weighted by Gasteiger charge is -2.20. The van der Waals surface area contributed by atoms with E-state index in [1.807, 2.05) is 72.2 Å². The van der Waals surface area contributed by atoms with Crippen molar-refractivity contribution >= 4 is 17.4 Å². The van der Waals surface area contributed by atoms with Crippen LogP contribution in [0.25, 0.3) is 11.1 Å². The number of ketones is 1. The first kappa shape index (κ1) is 36.5. The fourth-order valence-electron chi connectivity index (χ4n) is 5.64. The van der Waals surface area contributed by atoms with Gasteiger partial charge in [0.2, 0.25) is 0 Å². The Labute approximate surface area is 281 Å². The summed E-state index contributed by atoms with van der Waals surface area (Å²) in [6.07, 6.45) is 3.48. The number of carbonyl (C=O) groups excluding carboxylic acids is 2. The second-order valence-electron chi connectivity index (χ2n) is 11.7. The fraction of sp³-hybridized carbons (Fsp3) is 0.351. The van der Waals surface area contributed by atoms with Gasteiger partial charge in [0.15, 0.2) is 5.78 Å². The molecule has 2 aromatic carbocycles. The van der Waals surface area contributed by atoms with Crippen molar-refractivity contribution < 1.29 is 30.0 Å². The van der Waals surface area contributed by atoms with Gasteiger partial charge >= 0.3 is 0 Å². The van der Waals surface area contributed by atoms with E-state index in [4.69, 9.17) is 0 Å². The standard InChI is InChI=1S/C37H45N5O6/c1-26-30(21-36(47)34-11-9-28(22-38-34)24-41(13-17-43)14-18-44)5-3-6-31(26)32-7-4-8-33(27(32)2)40-37(48)35-12-10-29(23-39-35)25-42(15-19-45)16-20-46/h3-12,22-23,43-46H,13-21,24-25H2,1-2H3,(H,40,48). The number of benzene rings is 2. The van der Waals surface area contributed by atoms with Crippen LogP contribution in [0.5, 0.6) is 0 Å². The topological polar surface area (TPSA) is 159 Å². The third-order valence-corrected chi connectivity index (χ3v) is 8.31. The zero-order valence-corrected chi connectivity index (χ0v) is 27.6. The lowest BCUT2D eigenvalue weighted by Crippen LogP contribution is -2.29. The number of Topliss-reactive ketones (excluding diaryl/α,β-unsaturated/α-hetero) is 1. The number of hydrogen-bond donors (Lipinski definition) is 5. The number of aliphatic hydroxyl groups is 4. The van der Waals surface area contributed by atoms with Gasteiger partial charge in [-0.15, -0.1) is 0 Å². The number of nitrogens with zero attached hydrogens (tertiary/aromatic N) is 4. The lowest BCUT2D eigenvalue weighted by molar-refractivity contribution is 0.0986. The van der Waals surface area contributed by atoms with Gasteiger partial charge in [-0.1, -0.05) is 42.5 Å². The Bertz CT molecular complexity index is 1510. The van der Waals surface area contributed by atoms with Gasteiger partial charge in [0, 0.05) is 63.8 Å². The van der Waals surface area contributed by atoms with Crippen LogP contribution >= 0.6 is 0 Å². The van der Waals surface area contributed by atoms with E-state index in [0.717, 1.165) is 38.9 Å². The molecule has 5 N–H and O–H groups in total. The molecule has 11 heteroatoms. The van der Waals surface area contributed by atoms with E-state index in [9.17, 15) is 30.0 Å². The summed E-state index contributed by atoms with van der Waals surface area (Å²) < 4.78 is 0. The summed E-state index contributed by atoms with van der Waals surface area (Å²) in [5.74, 6) is -0.441. The van der Waals surface area contributed by atoms with Crippen LogP contribution in [0.3, 0.4) is 0 Å². The number of carbonyl (C=O) groups is 2. The summed E-state index contributed by atoms with van der Waals surface area (Å²) in [5, 5.41) is 40.0. The van der Waals surface area contributed by atoms with E-state index in [1.165, 1.54) is 0 Å². The van der Waals surface area contributed by atoms with Crippen molar-refractivity contribution in [3.8, 4) is 11.1 Å². The number of aromatic nitrogens is 2. The molecule has 2 heterocycles. The molecule has 0 fully saturated rings. The van der Waals surface area contributed by atoms with E-state index in [2.05, 4.69) is 15.3 Å². The first-order valence-corrected chi connectivity index (χ1v) is 16.1. The van der Waals surface area contributed by atoms with Crippen molar-refractivity contribution in [3.05, 3.63) is 112 Å². The van der Waals surface area contributed by atoms with Gasteiger partial charge in [-0.25, -0.2) is 0 Å². The summed E-state index contributed by atoms with van der Waals surface area (Å²) in [5.41, 5.74) is 7.68. The van der Waals surface area contributed by atoms with Crippen LogP contribution in [0.4, 0.5) is 5.69 Å². The molecule has 0 spiro atoms. The second kappa shape index (κ2) is 18.3. The fourth-order valence-corrected chi connectivity index (χ4v) is 5.64. The predicted octanol–water partition coefficient (Wildman–Crippen LogP) is 3.01. The number of hydrogen-bond acceptors (Lipinski definition) is 10. The number of rotatable bonds is 18. The molecule has 254 valence electrons. The van der Waals surface area contributed by atoms with E-state index in [-0.39, 0.29) is 50.2 Å². The quantitative estimate of drug-likeness (QED) is 0.101. The highest BCUT2D eigenvalue weighted by Gasteiger charge is 2.17. The average Bonchev–Trinajstić information content (AvgIpc) is 3.08. The zero-order chi connectivity index (χ0) is 34.5. The van der Waals surface area contributed by atoms with Crippen molar-refractivity contribution in [2.24, 2.45) is 0 Å². The van der Waals surface area contributed by atoms with Crippen molar-refractivity contribution in [2.45, 2.75) is 33.4 Å². The smallest absolute Gasteiger partial charge is 0.274 e. The van der Waals surface area contributed by atoms with E-state index >= 15 is 0 Å². The minimum Gasteiger partial charge on any atom is -0.395 e. The Hall–Kier alpha value is -4.36. The Morgan fingerprint density at radius 3 is 1.65 bits per heavy atom.